The lowest BCUT2D eigenvalue weighted by atomic mass is 10.2. The van der Waals surface area contributed by atoms with Crippen molar-refractivity contribution in [2.75, 3.05) is 24.2 Å². The topological polar surface area (TPSA) is 120 Å². The Morgan fingerprint density at radius 2 is 2.16 bits per heavy atom. The maximum absolute atomic E-state index is 11.7. The predicted octanol–water partition coefficient (Wildman–Crippen LogP) is 0.969. The summed E-state index contributed by atoms with van der Waals surface area (Å²) in [4.78, 5) is 22.3. The first-order valence-corrected chi connectivity index (χ1v) is 6.78. The molecule has 1 amide bonds. The van der Waals surface area contributed by atoms with Crippen LogP contribution in [-0.4, -0.2) is 29.4 Å². The van der Waals surface area contributed by atoms with Gasteiger partial charge in [-0.2, -0.15) is 4.37 Å². The summed E-state index contributed by atoms with van der Waals surface area (Å²) >= 11 is 1.12. The second-order valence-corrected chi connectivity index (χ2v) is 4.62. The second-order valence-electron chi connectivity index (χ2n) is 3.84. The van der Waals surface area contributed by atoms with Crippen LogP contribution in [0.3, 0.4) is 0 Å². The van der Waals surface area contributed by atoms with E-state index in [2.05, 4.69) is 9.69 Å². The average Bonchev–Trinajstić information content (AvgIpc) is 2.70. The molecule has 0 aliphatic carbocycles. The number of nitrogens with two attached hydrogens (primary N) is 2. The Labute approximate surface area is 115 Å². The van der Waals surface area contributed by atoms with Gasteiger partial charge in [0.1, 0.15) is 10.6 Å². The number of aromatic nitrogens is 1. The van der Waals surface area contributed by atoms with E-state index >= 15 is 0 Å². The van der Waals surface area contributed by atoms with E-state index < -0.39 is 5.97 Å². The standard InChI is InChI=1S/C11H18N4O3S/c1-2-18-11(17)8-9(13)15-19-10(8)14-6-4-3-5-7(12)16/h14H,2-6H2,1H3,(H2,12,16)(H2,13,15). The minimum Gasteiger partial charge on any atom is -0.462 e. The van der Waals surface area contributed by atoms with Crippen LogP contribution in [0.25, 0.3) is 0 Å². The van der Waals surface area contributed by atoms with Crippen LogP contribution < -0.4 is 16.8 Å². The molecule has 0 aliphatic rings. The van der Waals surface area contributed by atoms with Crippen molar-refractivity contribution in [3.63, 3.8) is 0 Å². The summed E-state index contributed by atoms with van der Waals surface area (Å²) in [6, 6.07) is 0. The third-order valence-corrected chi connectivity index (χ3v) is 3.15. The van der Waals surface area contributed by atoms with Crippen LogP contribution >= 0.6 is 11.5 Å². The zero-order chi connectivity index (χ0) is 14.3. The predicted molar refractivity (Wildman–Crippen MR) is 74.0 cm³/mol. The fourth-order valence-electron chi connectivity index (χ4n) is 1.45. The number of hydrogen-bond donors (Lipinski definition) is 3. The molecule has 0 radical (unpaired) electrons. The number of carbonyl (C=O) groups excluding carboxylic acids is 2. The van der Waals surface area contributed by atoms with E-state index in [9.17, 15) is 9.59 Å². The van der Waals surface area contributed by atoms with Crippen molar-refractivity contribution in [3.8, 4) is 0 Å². The van der Waals surface area contributed by atoms with E-state index in [1.54, 1.807) is 6.92 Å². The van der Waals surface area contributed by atoms with Gasteiger partial charge in [0, 0.05) is 13.0 Å². The summed E-state index contributed by atoms with van der Waals surface area (Å²) in [7, 11) is 0. The Hall–Kier alpha value is -1.83. The average molecular weight is 286 g/mol. The first-order valence-electron chi connectivity index (χ1n) is 6.00. The molecule has 19 heavy (non-hydrogen) atoms. The minimum absolute atomic E-state index is 0.170. The molecule has 1 rings (SSSR count). The quantitative estimate of drug-likeness (QED) is 0.483. The molecule has 7 nitrogen and oxygen atoms in total. The van der Waals surface area contributed by atoms with Gasteiger partial charge in [-0.15, -0.1) is 0 Å². The van der Waals surface area contributed by atoms with Crippen molar-refractivity contribution in [2.24, 2.45) is 5.73 Å². The van der Waals surface area contributed by atoms with Crippen molar-refractivity contribution < 1.29 is 14.3 Å². The number of nitrogens with one attached hydrogen (secondary N) is 1. The highest BCUT2D eigenvalue weighted by molar-refractivity contribution is 7.11. The fourth-order valence-corrected chi connectivity index (χ4v) is 2.18. The molecule has 106 valence electrons. The number of amides is 1. The third-order valence-electron chi connectivity index (χ3n) is 2.33. The van der Waals surface area contributed by atoms with Gasteiger partial charge in [0.05, 0.1) is 6.61 Å². The van der Waals surface area contributed by atoms with Gasteiger partial charge in [-0.05, 0) is 31.3 Å². The van der Waals surface area contributed by atoms with E-state index in [1.165, 1.54) is 0 Å². The van der Waals surface area contributed by atoms with Crippen LogP contribution in [0.15, 0.2) is 0 Å². The number of hydrogen-bond acceptors (Lipinski definition) is 7. The molecule has 8 heteroatoms. The third kappa shape index (κ3) is 4.74. The smallest absolute Gasteiger partial charge is 0.344 e. The number of rotatable bonds is 8. The van der Waals surface area contributed by atoms with Crippen LogP contribution in [0.4, 0.5) is 10.8 Å². The number of primary amides is 1. The van der Waals surface area contributed by atoms with Crippen LogP contribution in [-0.2, 0) is 9.53 Å². The molecule has 0 aromatic carbocycles. The molecule has 1 aromatic rings. The van der Waals surface area contributed by atoms with Crippen LogP contribution in [0.1, 0.15) is 36.5 Å². The van der Waals surface area contributed by atoms with E-state index in [-0.39, 0.29) is 23.9 Å². The highest BCUT2D eigenvalue weighted by Crippen LogP contribution is 2.27. The lowest BCUT2D eigenvalue weighted by Crippen LogP contribution is -2.12. The van der Waals surface area contributed by atoms with Gasteiger partial charge in [0.25, 0.3) is 0 Å². The maximum atomic E-state index is 11.7. The lowest BCUT2D eigenvalue weighted by Gasteiger charge is -2.06. The Bertz CT molecular complexity index is 447. The first kappa shape index (κ1) is 15.2. The summed E-state index contributed by atoms with van der Waals surface area (Å²) < 4.78 is 8.84. The number of nitrogen functional groups attached to an aromatic ring is 1. The Balaban J connectivity index is 2.50. The van der Waals surface area contributed by atoms with E-state index in [0.29, 0.717) is 24.4 Å². The number of carbonyl (C=O) groups is 2. The number of unbranched alkanes of at least 4 members (excludes halogenated alkanes) is 1. The largest absolute Gasteiger partial charge is 0.462 e. The molecule has 1 heterocycles. The highest BCUT2D eigenvalue weighted by atomic mass is 32.1. The zero-order valence-corrected chi connectivity index (χ0v) is 11.6. The monoisotopic (exact) mass is 286 g/mol. The van der Waals surface area contributed by atoms with Crippen molar-refractivity contribution >= 4 is 34.2 Å². The SMILES string of the molecule is CCOC(=O)c1c(N)nsc1NCCCCC(N)=O. The summed E-state index contributed by atoms with van der Waals surface area (Å²) in [5.41, 5.74) is 11.0. The van der Waals surface area contributed by atoms with Crippen molar-refractivity contribution in [1.29, 1.82) is 0 Å². The first-order chi connectivity index (χ1) is 9.06. The van der Waals surface area contributed by atoms with Crippen LogP contribution in [0, 0.1) is 0 Å². The molecule has 0 spiro atoms. The molecule has 5 N–H and O–H groups in total. The number of anilines is 2. The van der Waals surface area contributed by atoms with E-state index in [1.807, 2.05) is 0 Å². The fraction of sp³-hybridized carbons (Fsp3) is 0.545. The van der Waals surface area contributed by atoms with Crippen molar-refractivity contribution in [3.05, 3.63) is 5.56 Å². The van der Waals surface area contributed by atoms with Crippen molar-refractivity contribution in [1.82, 2.24) is 4.37 Å². The molecule has 0 saturated carbocycles. The van der Waals surface area contributed by atoms with Gasteiger partial charge in [0.15, 0.2) is 5.82 Å². The van der Waals surface area contributed by atoms with E-state index in [4.69, 9.17) is 16.2 Å². The Morgan fingerprint density at radius 3 is 2.79 bits per heavy atom. The number of nitrogens with zero attached hydrogens (tertiary/aromatic N) is 1. The van der Waals surface area contributed by atoms with Crippen LogP contribution in [0.5, 0.6) is 0 Å². The summed E-state index contributed by atoms with van der Waals surface area (Å²) in [6.45, 7) is 2.62. The van der Waals surface area contributed by atoms with Crippen LogP contribution in [0.2, 0.25) is 0 Å². The zero-order valence-electron chi connectivity index (χ0n) is 10.8. The lowest BCUT2D eigenvalue weighted by molar-refractivity contribution is -0.118. The molecular weight excluding hydrogens is 268 g/mol. The van der Waals surface area contributed by atoms with Crippen molar-refractivity contribution in [2.45, 2.75) is 26.2 Å². The molecule has 0 bridgehead atoms. The number of ether oxygens (including phenoxy) is 1. The summed E-state index contributed by atoms with van der Waals surface area (Å²) in [6.07, 6.45) is 1.83. The van der Waals surface area contributed by atoms with Gasteiger partial charge in [-0.1, -0.05) is 0 Å². The molecule has 0 fully saturated rings. The van der Waals surface area contributed by atoms with Gasteiger partial charge in [-0.25, -0.2) is 4.79 Å². The molecule has 0 atom stereocenters. The molecule has 1 aromatic heterocycles. The highest BCUT2D eigenvalue weighted by Gasteiger charge is 2.20. The van der Waals surface area contributed by atoms with Gasteiger partial charge < -0.3 is 21.5 Å². The Morgan fingerprint density at radius 1 is 1.42 bits per heavy atom. The molecule has 0 aliphatic heterocycles. The van der Waals surface area contributed by atoms with Gasteiger partial charge in [0.2, 0.25) is 5.91 Å². The van der Waals surface area contributed by atoms with E-state index in [0.717, 1.165) is 18.0 Å². The van der Waals surface area contributed by atoms with Gasteiger partial charge >= 0.3 is 5.97 Å². The molecule has 0 saturated heterocycles. The Kier molecular flexibility index (Phi) is 6.07. The molecular formula is C11H18N4O3S. The second kappa shape index (κ2) is 7.57. The summed E-state index contributed by atoms with van der Waals surface area (Å²) in [5, 5.41) is 3.66. The normalized spacial score (nSPS) is 10.2. The summed E-state index contributed by atoms with van der Waals surface area (Å²) in [5.74, 6) is -0.620. The van der Waals surface area contributed by atoms with Gasteiger partial charge in [-0.3, -0.25) is 4.79 Å². The minimum atomic E-state index is -0.478. The molecule has 0 unspecified atom stereocenters. The number of esters is 1. The maximum Gasteiger partial charge on any atom is 0.344 e.